The fourth-order valence-corrected chi connectivity index (χ4v) is 3.19. The number of aliphatic hydroxyl groups excluding tert-OH is 1. The van der Waals surface area contributed by atoms with E-state index in [1.165, 1.54) is 19.4 Å². The maximum absolute atomic E-state index is 10.5. The Morgan fingerprint density at radius 1 is 1.20 bits per heavy atom. The lowest BCUT2D eigenvalue weighted by molar-refractivity contribution is 0.0346. The van der Waals surface area contributed by atoms with E-state index in [0.29, 0.717) is 0 Å². The molecule has 3 nitrogen and oxygen atoms in total. The SMILES string of the molecule is CC(C(O)c1ccccc1)N1CCC(CN(C)C)CC1. The van der Waals surface area contributed by atoms with Gasteiger partial charge in [-0.25, -0.2) is 0 Å². The van der Waals surface area contributed by atoms with Gasteiger partial charge in [-0.2, -0.15) is 0 Å². The molecule has 0 bridgehead atoms. The Kier molecular flexibility index (Phi) is 5.58. The normalized spacial score (nSPS) is 21.1. The Labute approximate surface area is 123 Å². The van der Waals surface area contributed by atoms with Crippen LogP contribution in [0.3, 0.4) is 0 Å². The van der Waals surface area contributed by atoms with Crippen molar-refractivity contribution in [1.29, 1.82) is 0 Å². The van der Waals surface area contributed by atoms with Crippen LogP contribution in [-0.2, 0) is 0 Å². The van der Waals surface area contributed by atoms with E-state index in [4.69, 9.17) is 0 Å². The molecule has 0 aromatic heterocycles. The van der Waals surface area contributed by atoms with Gasteiger partial charge in [0, 0.05) is 12.6 Å². The second-order valence-corrected chi connectivity index (χ2v) is 6.34. The predicted octanol–water partition coefficient (Wildman–Crippen LogP) is 2.38. The van der Waals surface area contributed by atoms with E-state index in [0.717, 1.165) is 24.6 Å². The van der Waals surface area contributed by atoms with Gasteiger partial charge in [-0.3, -0.25) is 4.90 Å². The Bertz CT molecular complexity index is 385. The van der Waals surface area contributed by atoms with Crippen molar-refractivity contribution in [2.45, 2.75) is 31.9 Å². The first-order valence-corrected chi connectivity index (χ1v) is 7.69. The molecule has 2 atom stereocenters. The van der Waals surface area contributed by atoms with Gasteiger partial charge < -0.3 is 10.0 Å². The number of rotatable bonds is 5. The molecule has 1 fully saturated rings. The van der Waals surface area contributed by atoms with Gasteiger partial charge in [-0.15, -0.1) is 0 Å². The van der Waals surface area contributed by atoms with Gasteiger partial charge in [0.05, 0.1) is 6.10 Å². The minimum atomic E-state index is -0.387. The molecule has 0 saturated carbocycles. The quantitative estimate of drug-likeness (QED) is 0.894. The Hall–Kier alpha value is -0.900. The molecule has 1 aliphatic heterocycles. The highest BCUT2D eigenvalue weighted by molar-refractivity contribution is 5.18. The average Bonchev–Trinajstić information content (AvgIpc) is 2.47. The number of aliphatic hydroxyl groups is 1. The van der Waals surface area contributed by atoms with Crippen LogP contribution in [0.2, 0.25) is 0 Å². The first-order valence-electron chi connectivity index (χ1n) is 7.69. The van der Waals surface area contributed by atoms with Gasteiger partial charge in [0.1, 0.15) is 0 Å². The Morgan fingerprint density at radius 2 is 1.80 bits per heavy atom. The van der Waals surface area contributed by atoms with Crippen LogP contribution < -0.4 is 0 Å². The minimum absolute atomic E-state index is 0.192. The van der Waals surface area contributed by atoms with Crippen LogP contribution in [-0.4, -0.2) is 54.7 Å². The van der Waals surface area contributed by atoms with Gasteiger partial charge in [0.25, 0.3) is 0 Å². The first kappa shape index (κ1) is 15.5. The van der Waals surface area contributed by atoms with Crippen molar-refractivity contribution in [2.75, 3.05) is 33.7 Å². The minimum Gasteiger partial charge on any atom is -0.387 e. The Balaban J connectivity index is 1.87. The van der Waals surface area contributed by atoms with Crippen LogP contribution >= 0.6 is 0 Å². The van der Waals surface area contributed by atoms with Crippen LogP contribution in [0.5, 0.6) is 0 Å². The third kappa shape index (κ3) is 4.05. The summed E-state index contributed by atoms with van der Waals surface area (Å²) in [5, 5.41) is 10.5. The number of hydrogen-bond acceptors (Lipinski definition) is 3. The summed E-state index contributed by atoms with van der Waals surface area (Å²) in [4.78, 5) is 4.71. The number of likely N-dealkylation sites (tertiary alicyclic amines) is 1. The fourth-order valence-electron chi connectivity index (χ4n) is 3.19. The van der Waals surface area contributed by atoms with Crippen molar-refractivity contribution in [1.82, 2.24) is 9.80 Å². The third-order valence-electron chi connectivity index (χ3n) is 4.45. The van der Waals surface area contributed by atoms with Crippen molar-refractivity contribution in [3.8, 4) is 0 Å². The summed E-state index contributed by atoms with van der Waals surface area (Å²) >= 11 is 0. The van der Waals surface area contributed by atoms with Crippen LogP contribution in [0.4, 0.5) is 0 Å². The zero-order chi connectivity index (χ0) is 14.5. The maximum atomic E-state index is 10.5. The molecule has 2 rings (SSSR count). The topological polar surface area (TPSA) is 26.7 Å². The molecular formula is C17H28N2O. The van der Waals surface area contributed by atoms with Gasteiger partial charge in [0.2, 0.25) is 0 Å². The molecule has 0 amide bonds. The molecular weight excluding hydrogens is 248 g/mol. The van der Waals surface area contributed by atoms with E-state index in [2.05, 4.69) is 30.8 Å². The summed E-state index contributed by atoms with van der Waals surface area (Å²) in [6.07, 6.45) is 2.09. The summed E-state index contributed by atoms with van der Waals surface area (Å²) in [5.74, 6) is 0.808. The van der Waals surface area contributed by atoms with Gasteiger partial charge >= 0.3 is 0 Å². The molecule has 1 saturated heterocycles. The maximum Gasteiger partial charge on any atom is 0.0942 e. The smallest absolute Gasteiger partial charge is 0.0942 e. The number of hydrogen-bond donors (Lipinski definition) is 1. The molecule has 1 heterocycles. The van der Waals surface area contributed by atoms with Gasteiger partial charge in [-0.05, 0) is 58.4 Å². The molecule has 0 aliphatic carbocycles. The van der Waals surface area contributed by atoms with Crippen LogP contribution in [0.15, 0.2) is 30.3 Å². The molecule has 0 radical (unpaired) electrons. The average molecular weight is 276 g/mol. The van der Waals surface area contributed by atoms with E-state index in [1.54, 1.807) is 0 Å². The fraction of sp³-hybridized carbons (Fsp3) is 0.647. The molecule has 1 aromatic carbocycles. The molecule has 1 aromatic rings. The predicted molar refractivity (Wildman–Crippen MR) is 83.7 cm³/mol. The van der Waals surface area contributed by atoms with Crippen molar-refractivity contribution in [2.24, 2.45) is 5.92 Å². The molecule has 20 heavy (non-hydrogen) atoms. The van der Waals surface area contributed by atoms with E-state index in [-0.39, 0.29) is 12.1 Å². The summed E-state index contributed by atoms with van der Waals surface area (Å²) in [6, 6.07) is 10.2. The Morgan fingerprint density at radius 3 is 2.35 bits per heavy atom. The van der Waals surface area contributed by atoms with Crippen molar-refractivity contribution in [3.63, 3.8) is 0 Å². The van der Waals surface area contributed by atoms with E-state index in [9.17, 15) is 5.11 Å². The largest absolute Gasteiger partial charge is 0.387 e. The number of nitrogens with zero attached hydrogens (tertiary/aromatic N) is 2. The molecule has 3 heteroatoms. The van der Waals surface area contributed by atoms with Crippen LogP contribution in [0, 0.1) is 5.92 Å². The lowest BCUT2D eigenvalue weighted by Gasteiger charge is -2.38. The molecule has 2 unspecified atom stereocenters. The molecule has 1 N–H and O–H groups in total. The van der Waals surface area contributed by atoms with E-state index < -0.39 is 0 Å². The number of piperidine rings is 1. The van der Waals surface area contributed by atoms with Crippen LogP contribution in [0.1, 0.15) is 31.4 Å². The molecule has 0 spiro atoms. The third-order valence-corrected chi connectivity index (χ3v) is 4.45. The van der Waals surface area contributed by atoms with Crippen LogP contribution in [0.25, 0.3) is 0 Å². The lowest BCUT2D eigenvalue weighted by Crippen LogP contribution is -2.44. The van der Waals surface area contributed by atoms with Gasteiger partial charge in [-0.1, -0.05) is 30.3 Å². The van der Waals surface area contributed by atoms with E-state index >= 15 is 0 Å². The van der Waals surface area contributed by atoms with Gasteiger partial charge in [0.15, 0.2) is 0 Å². The van der Waals surface area contributed by atoms with Crippen molar-refractivity contribution < 1.29 is 5.11 Å². The zero-order valence-electron chi connectivity index (χ0n) is 13.0. The second kappa shape index (κ2) is 7.21. The molecule has 112 valence electrons. The summed E-state index contributed by atoms with van der Waals surface area (Å²) in [6.45, 7) is 5.53. The van der Waals surface area contributed by atoms with Crippen molar-refractivity contribution in [3.05, 3.63) is 35.9 Å². The van der Waals surface area contributed by atoms with E-state index in [1.807, 2.05) is 30.3 Å². The summed E-state index contributed by atoms with van der Waals surface area (Å²) in [5.41, 5.74) is 1.02. The lowest BCUT2D eigenvalue weighted by atomic mass is 9.93. The number of benzene rings is 1. The highest BCUT2D eigenvalue weighted by Crippen LogP contribution is 2.25. The second-order valence-electron chi connectivity index (χ2n) is 6.34. The highest BCUT2D eigenvalue weighted by Gasteiger charge is 2.27. The van der Waals surface area contributed by atoms with Crippen molar-refractivity contribution >= 4 is 0 Å². The monoisotopic (exact) mass is 276 g/mol. The first-order chi connectivity index (χ1) is 9.58. The highest BCUT2D eigenvalue weighted by atomic mass is 16.3. The summed E-state index contributed by atoms with van der Waals surface area (Å²) in [7, 11) is 4.29. The standard InChI is InChI=1S/C17H28N2O/c1-14(17(20)16-7-5-4-6-8-16)19-11-9-15(10-12-19)13-18(2)3/h4-8,14-15,17,20H,9-13H2,1-3H3. The molecule has 1 aliphatic rings. The summed E-state index contributed by atoms with van der Waals surface area (Å²) < 4.78 is 0. The zero-order valence-corrected chi connectivity index (χ0v) is 13.0.